The molecule has 0 spiro atoms. The van der Waals surface area contributed by atoms with Gasteiger partial charge in [0.25, 0.3) is 0 Å². The van der Waals surface area contributed by atoms with Gasteiger partial charge in [-0.15, -0.1) is 11.6 Å². The summed E-state index contributed by atoms with van der Waals surface area (Å²) < 4.78 is 0. The molecule has 1 amide bonds. The van der Waals surface area contributed by atoms with Crippen LogP contribution >= 0.6 is 11.6 Å². The van der Waals surface area contributed by atoms with E-state index < -0.39 is 0 Å². The van der Waals surface area contributed by atoms with Gasteiger partial charge in [0.15, 0.2) is 0 Å². The Labute approximate surface area is 140 Å². The number of nitrogens with zero attached hydrogens (tertiary/aromatic N) is 2. The molecule has 0 atom stereocenters. The summed E-state index contributed by atoms with van der Waals surface area (Å²) in [6, 6.07) is 13.8. The largest absolute Gasteiger partial charge is 0.386 e. The predicted molar refractivity (Wildman–Crippen MR) is 95.1 cm³/mol. The Morgan fingerprint density at radius 2 is 1.87 bits per heavy atom. The first kappa shape index (κ1) is 15.6. The molecule has 5 heteroatoms. The Hall–Kier alpha value is -2.33. The lowest BCUT2D eigenvalue weighted by Gasteiger charge is -2.23. The van der Waals surface area contributed by atoms with Gasteiger partial charge in [-0.05, 0) is 42.2 Å². The number of carbonyl (C=O) groups excluding carboxylic acids is 1. The SMILES string of the molecule is CC(=O)N1c2ccccc2CCc2ccc(N=C(N)CCl)cc21. The van der Waals surface area contributed by atoms with Gasteiger partial charge in [-0.3, -0.25) is 9.69 Å². The topological polar surface area (TPSA) is 58.7 Å². The van der Waals surface area contributed by atoms with Crippen molar-refractivity contribution < 1.29 is 4.79 Å². The standard InChI is InChI=1S/C18H18ClN3O/c1-12(23)22-16-5-3-2-4-13(16)6-7-14-8-9-15(10-17(14)22)21-18(20)11-19/h2-5,8-10H,6-7,11H2,1H3,(H2,20,21). The summed E-state index contributed by atoms with van der Waals surface area (Å²) >= 11 is 5.70. The molecule has 1 aliphatic rings. The monoisotopic (exact) mass is 327 g/mol. The van der Waals surface area contributed by atoms with E-state index in [1.165, 1.54) is 5.56 Å². The Balaban J connectivity index is 2.16. The Morgan fingerprint density at radius 1 is 1.17 bits per heavy atom. The van der Waals surface area contributed by atoms with E-state index in [0.717, 1.165) is 29.8 Å². The average molecular weight is 328 g/mol. The zero-order valence-corrected chi connectivity index (χ0v) is 13.7. The van der Waals surface area contributed by atoms with Crippen LogP contribution in [0.15, 0.2) is 47.5 Å². The molecule has 0 bridgehead atoms. The maximum Gasteiger partial charge on any atom is 0.228 e. The fourth-order valence-corrected chi connectivity index (χ4v) is 2.98. The zero-order chi connectivity index (χ0) is 16.4. The number of amides is 1. The second-order valence-electron chi connectivity index (χ2n) is 5.53. The van der Waals surface area contributed by atoms with Crippen molar-refractivity contribution in [3.8, 4) is 0 Å². The third-order valence-electron chi connectivity index (χ3n) is 3.93. The number of hydrogen-bond donors (Lipinski definition) is 1. The highest BCUT2D eigenvalue weighted by atomic mass is 35.5. The van der Waals surface area contributed by atoms with Gasteiger partial charge in [0.1, 0.15) is 5.84 Å². The highest BCUT2D eigenvalue weighted by Gasteiger charge is 2.23. The lowest BCUT2D eigenvalue weighted by molar-refractivity contribution is -0.115. The minimum Gasteiger partial charge on any atom is -0.386 e. The number of aliphatic imine (C=N–C) groups is 1. The first-order chi connectivity index (χ1) is 11.1. The molecule has 0 aliphatic carbocycles. The molecular weight excluding hydrogens is 310 g/mol. The van der Waals surface area contributed by atoms with Crippen LogP contribution in [-0.2, 0) is 17.6 Å². The molecule has 2 N–H and O–H groups in total. The number of halogens is 1. The maximum atomic E-state index is 12.3. The normalized spacial score (nSPS) is 14.0. The minimum atomic E-state index is -0.0213. The van der Waals surface area contributed by atoms with E-state index in [1.807, 2.05) is 36.4 Å². The predicted octanol–water partition coefficient (Wildman–Crippen LogP) is 3.70. The molecule has 2 aromatic rings. The van der Waals surface area contributed by atoms with E-state index in [4.69, 9.17) is 17.3 Å². The zero-order valence-electron chi connectivity index (χ0n) is 12.9. The van der Waals surface area contributed by atoms with E-state index >= 15 is 0 Å². The van der Waals surface area contributed by atoms with Crippen molar-refractivity contribution in [1.29, 1.82) is 0 Å². The molecule has 1 aliphatic heterocycles. The van der Waals surface area contributed by atoms with Crippen LogP contribution in [0, 0.1) is 0 Å². The number of fused-ring (bicyclic) bond motifs is 2. The van der Waals surface area contributed by atoms with Crippen LogP contribution in [0.2, 0.25) is 0 Å². The van der Waals surface area contributed by atoms with Crippen molar-refractivity contribution in [2.75, 3.05) is 10.8 Å². The van der Waals surface area contributed by atoms with Gasteiger partial charge in [-0.1, -0.05) is 24.3 Å². The van der Waals surface area contributed by atoms with E-state index in [0.29, 0.717) is 11.5 Å². The lowest BCUT2D eigenvalue weighted by Crippen LogP contribution is -2.23. The quantitative estimate of drug-likeness (QED) is 0.519. The van der Waals surface area contributed by atoms with Crippen molar-refractivity contribution in [2.45, 2.75) is 19.8 Å². The maximum absolute atomic E-state index is 12.3. The molecule has 3 rings (SSSR count). The van der Waals surface area contributed by atoms with E-state index in [-0.39, 0.29) is 11.8 Å². The number of alkyl halides is 1. The third-order valence-corrected chi connectivity index (χ3v) is 4.20. The Morgan fingerprint density at radius 3 is 2.57 bits per heavy atom. The molecular formula is C18H18ClN3O. The molecule has 0 unspecified atom stereocenters. The molecule has 4 nitrogen and oxygen atoms in total. The van der Waals surface area contributed by atoms with Crippen LogP contribution < -0.4 is 10.6 Å². The summed E-state index contributed by atoms with van der Waals surface area (Å²) in [6.45, 7) is 1.58. The number of nitrogens with two attached hydrogens (primary N) is 1. The summed E-state index contributed by atoms with van der Waals surface area (Å²) in [5.74, 6) is 0.512. The van der Waals surface area contributed by atoms with Gasteiger partial charge in [-0.25, -0.2) is 4.99 Å². The molecule has 0 fully saturated rings. The molecule has 0 aromatic heterocycles. The van der Waals surface area contributed by atoms with Crippen molar-refractivity contribution >= 4 is 40.4 Å². The van der Waals surface area contributed by atoms with Gasteiger partial charge in [0, 0.05) is 6.92 Å². The van der Waals surface area contributed by atoms with Crippen LogP contribution in [0.1, 0.15) is 18.1 Å². The second kappa shape index (κ2) is 6.42. The van der Waals surface area contributed by atoms with E-state index in [9.17, 15) is 4.79 Å². The van der Waals surface area contributed by atoms with Crippen LogP contribution in [0.5, 0.6) is 0 Å². The van der Waals surface area contributed by atoms with Crippen molar-refractivity contribution in [2.24, 2.45) is 10.7 Å². The summed E-state index contributed by atoms with van der Waals surface area (Å²) in [5.41, 5.74) is 10.5. The Kier molecular flexibility index (Phi) is 4.35. The summed E-state index contributed by atoms with van der Waals surface area (Å²) in [4.78, 5) is 18.4. The first-order valence-electron chi connectivity index (χ1n) is 7.50. The van der Waals surface area contributed by atoms with Gasteiger partial charge >= 0.3 is 0 Å². The Bertz CT molecular complexity index is 786. The number of aryl methyl sites for hydroxylation is 2. The highest BCUT2D eigenvalue weighted by Crippen LogP contribution is 2.38. The molecule has 0 radical (unpaired) electrons. The number of hydrogen-bond acceptors (Lipinski definition) is 2. The molecule has 118 valence electrons. The second-order valence-corrected chi connectivity index (χ2v) is 5.80. The highest BCUT2D eigenvalue weighted by molar-refractivity contribution is 6.28. The molecule has 0 saturated heterocycles. The summed E-state index contributed by atoms with van der Waals surface area (Å²) in [6.07, 6.45) is 1.78. The van der Waals surface area contributed by atoms with Crippen molar-refractivity contribution in [3.63, 3.8) is 0 Å². The van der Waals surface area contributed by atoms with E-state index in [2.05, 4.69) is 11.1 Å². The smallest absolute Gasteiger partial charge is 0.228 e. The summed E-state index contributed by atoms with van der Waals surface area (Å²) in [5, 5.41) is 0. The van der Waals surface area contributed by atoms with Gasteiger partial charge in [-0.2, -0.15) is 0 Å². The van der Waals surface area contributed by atoms with Crippen LogP contribution in [0.25, 0.3) is 0 Å². The van der Waals surface area contributed by atoms with Crippen molar-refractivity contribution in [1.82, 2.24) is 0 Å². The number of amidine groups is 1. The molecule has 0 saturated carbocycles. The minimum absolute atomic E-state index is 0.0213. The molecule has 2 aromatic carbocycles. The molecule has 1 heterocycles. The van der Waals surface area contributed by atoms with E-state index in [1.54, 1.807) is 11.8 Å². The number of rotatable bonds is 2. The van der Waals surface area contributed by atoms with Crippen LogP contribution in [0.4, 0.5) is 17.1 Å². The fraction of sp³-hybridized carbons (Fsp3) is 0.222. The van der Waals surface area contributed by atoms with Gasteiger partial charge in [0.05, 0.1) is 22.9 Å². The molecule has 23 heavy (non-hydrogen) atoms. The van der Waals surface area contributed by atoms with Crippen LogP contribution in [0.3, 0.4) is 0 Å². The average Bonchev–Trinajstić information content (AvgIpc) is 2.71. The number of carbonyl (C=O) groups is 1. The van der Waals surface area contributed by atoms with Crippen LogP contribution in [-0.4, -0.2) is 17.6 Å². The van der Waals surface area contributed by atoms with Gasteiger partial charge in [0.2, 0.25) is 5.91 Å². The third kappa shape index (κ3) is 3.08. The fourth-order valence-electron chi connectivity index (χ4n) is 2.92. The number of anilines is 2. The number of benzene rings is 2. The van der Waals surface area contributed by atoms with Crippen molar-refractivity contribution in [3.05, 3.63) is 53.6 Å². The van der Waals surface area contributed by atoms with Gasteiger partial charge < -0.3 is 5.73 Å². The number of para-hydroxylation sites is 1. The first-order valence-corrected chi connectivity index (χ1v) is 8.04. The summed E-state index contributed by atoms with van der Waals surface area (Å²) in [7, 11) is 0. The lowest BCUT2D eigenvalue weighted by atomic mass is 10.0.